The SMILES string of the molecule is CCC1CCCC(C(N)c2csc(C)n2)C1. The molecule has 0 saturated heterocycles. The lowest BCUT2D eigenvalue weighted by Gasteiger charge is -2.31. The van der Waals surface area contributed by atoms with E-state index in [2.05, 4.69) is 24.2 Å². The second-order valence-electron chi connectivity index (χ2n) is 5.02. The molecule has 16 heavy (non-hydrogen) atoms. The molecule has 0 aliphatic heterocycles. The fourth-order valence-corrected chi connectivity index (χ4v) is 3.46. The third kappa shape index (κ3) is 2.64. The van der Waals surface area contributed by atoms with Crippen molar-refractivity contribution in [3.05, 3.63) is 16.1 Å². The van der Waals surface area contributed by atoms with Crippen molar-refractivity contribution >= 4 is 11.3 Å². The third-order valence-electron chi connectivity index (χ3n) is 3.89. The Bertz CT molecular complexity index is 334. The van der Waals surface area contributed by atoms with E-state index in [0.717, 1.165) is 16.6 Å². The van der Waals surface area contributed by atoms with Crippen LogP contribution in [-0.4, -0.2) is 4.98 Å². The highest BCUT2D eigenvalue weighted by molar-refractivity contribution is 7.09. The molecule has 0 radical (unpaired) electrons. The molecule has 1 saturated carbocycles. The van der Waals surface area contributed by atoms with Gasteiger partial charge in [-0.3, -0.25) is 0 Å². The van der Waals surface area contributed by atoms with Crippen LogP contribution in [-0.2, 0) is 0 Å². The van der Waals surface area contributed by atoms with E-state index < -0.39 is 0 Å². The van der Waals surface area contributed by atoms with Gasteiger partial charge in [-0.25, -0.2) is 4.98 Å². The molecule has 1 aliphatic rings. The monoisotopic (exact) mass is 238 g/mol. The molecule has 3 atom stereocenters. The summed E-state index contributed by atoms with van der Waals surface area (Å²) in [5.74, 6) is 1.55. The molecular formula is C13H22N2S. The molecule has 2 rings (SSSR count). The minimum atomic E-state index is 0.166. The van der Waals surface area contributed by atoms with Gasteiger partial charge in [0.25, 0.3) is 0 Å². The zero-order valence-corrected chi connectivity index (χ0v) is 11.1. The first kappa shape index (κ1) is 12.1. The van der Waals surface area contributed by atoms with E-state index in [4.69, 9.17) is 5.73 Å². The zero-order valence-electron chi connectivity index (χ0n) is 10.3. The highest BCUT2D eigenvalue weighted by Crippen LogP contribution is 2.37. The second-order valence-corrected chi connectivity index (χ2v) is 6.08. The fourth-order valence-electron chi connectivity index (χ4n) is 2.80. The number of hydrogen-bond donors (Lipinski definition) is 1. The van der Waals surface area contributed by atoms with E-state index in [1.165, 1.54) is 32.1 Å². The van der Waals surface area contributed by atoms with Crippen LogP contribution in [0.5, 0.6) is 0 Å². The summed E-state index contributed by atoms with van der Waals surface area (Å²) in [4.78, 5) is 4.53. The average Bonchev–Trinajstić information content (AvgIpc) is 2.75. The molecule has 1 heterocycles. The van der Waals surface area contributed by atoms with E-state index in [0.29, 0.717) is 5.92 Å². The van der Waals surface area contributed by atoms with Crippen molar-refractivity contribution in [3.8, 4) is 0 Å². The summed E-state index contributed by atoms with van der Waals surface area (Å²) < 4.78 is 0. The molecule has 1 aromatic rings. The Hall–Kier alpha value is -0.410. The Labute approximate surface area is 102 Å². The van der Waals surface area contributed by atoms with Gasteiger partial charge in [0.1, 0.15) is 0 Å². The predicted molar refractivity (Wildman–Crippen MR) is 69.5 cm³/mol. The smallest absolute Gasteiger partial charge is 0.0898 e. The van der Waals surface area contributed by atoms with Gasteiger partial charge < -0.3 is 5.73 Å². The number of aromatic nitrogens is 1. The van der Waals surface area contributed by atoms with E-state index in [9.17, 15) is 0 Å². The Balaban J connectivity index is 2.01. The highest BCUT2D eigenvalue weighted by Gasteiger charge is 2.27. The molecule has 3 heteroatoms. The van der Waals surface area contributed by atoms with Crippen LogP contribution >= 0.6 is 11.3 Å². The van der Waals surface area contributed by atoms with Crippen LogP contribution in [0, 0.1) is 18.8 Å². The molecule has 2 N–H and O–H groups in total. The van der Waals surface area contributed by atoms with E-state index in [-0.39, 0.29) is 6.04 Å². The van der Waals surface area contributed by atoms with Crippen LogP contribution in [0.4, 0.5) is 0 Å². The average molecular weight is 238 g/mol. The summed E-state index contributed by atoms with van der Waals surface area (Å²) in [5.41, 5.74) is 7.46. The number of nitrogens with two attached hydrogens (primary N) is 1. The number of hydrogen-bond acceptors (Lipinski definition) is 3. The summed E-state index contributed by atoms with van der Waals surface area (Å²) in [6, 6.07) is 0.166. The van der Waals surface area contributed by atoms with E-state index in [1.807, 2.05) is 0 Å². The third-order valence-corrected chi connectivity index (χ3v) is 4.68. The molecule has 90 valence electrons. The van der Waals surface area contributed by atoms with Crippen molar-refractivity contribution in [2.45, 2.75) is 52.0 Å². The fraction of sp³-hybridized carbons (Fsp3) is 0.769. The van der Waals surface area contributed by atoms with Crippen molar-refractivity contribution in [2.75, 3.05) is 0 Å². The van der Waals surface area contributed by atoms with Crippen LogP contribution < -0.4 is 5.73 Å². The Morgan fingerprint density at radius 2 is 2.38 bits per heavy atom. The molecule has 0 aromatic carbocycles. The highest BCUT2D eigenvalue weighted by atomic mass is 32.1. The Morgan fingerprint density at radius 3 is 3.00 bits per heavy atom. The topological polar surface area (TPSA) is 38.9 Å². The van der Waals surface area contributed by atoms with Crippen molar-refractivity contribution in [1.82, 2.24) is 4.98 Å². The molecular weight excluding hydrogens is 216 g/mol. The zero-order chi connectivity index (χ0) is 11.5. The Morgan fingerprint density at radius 1 is 1.56 bits per heavy atom. The summed E-state index contributed by atoms with van der Waals surface area (Å²) >= 11 is 1.71. The van der Waals surface area contributed by atoms with Crippen LogP contribution in [0.2, 0.25) is 0 Å². The largest absolute Gasteiger partial charge is 0.322 e. The van der Waals surface area contributed by atoms with Crippen LogP contribution in [0.3, 0.4) is 0 Å². The first-order valence-corrected chi connectivity index (χ1v) is 7.26. The van der Waals surface area contributed by atoms with Crippen molar-refractivity contribution in [2.24, 2.45) is 17.6 Å². The summed E-state index contributed by atoms with van der Waals surface area (Å²) in [5, 5.41) is 3.27. The maximum Gasteiger partial charge on any atom is 0.0898 e. The lowest BCUT2D eigenvalue weighted by atomic mass is 9.76. The van der Waals surface area contributed by atoms with Crippen LogP contribution in [0.15, 0.2) is 5.38 Å². The minimum Gasteiger partial charge on any atom is -0.322 e. The minimum absolute atomic E-state index is 0.166. The van der Waals surface area contributed by atoms with E-state index >= 15 is 0 Å². The van der Waals surface area contributed by atoms with Gasteiger partial charge in [0.2, 0.25) is 0 Å². The first-order valence-electron chi connectivity index (χ1n) is 6.38. The Kier molecular flexibility index (Phi) is 3.98. The lowest BCUT2D eigenvalue weighted by Crippen LogP contribution is -2.27. The summed E-state index contributed by atoms with van der Waals surface area (Å²) in [6.45, 7) is 4.35. The second kappa shape index (κ2) is 5.28. The van der Waals surface area contributed by atoms with E-state index in [1.54, 1.807) is 11.3 Å². The van der Waals surface area contributed by atoms with Gasteiger partial charge in [-0.05, 0) is 31.6 Å². The van der Waals surface area contributed by atoms with Crippen molar-refractivity contribution < 1.29 is 0 Å². The number of aryl methyl sites for hydroxylation is 1. The van der Waals surface area contributed by atoms with Gasteiger partial charge in [-0.1, -0.05) is 26.2 Å². The van der Waals surface area contributed by atoms with Gasteiger partial charge in [-0.15, -0.1) is 11.3 Å². The lowest BCUT2D eigenvalue weighted by molar-refractivity contribution is 0.228. The maximum absolute atomic E-state index is 6.34. The van der Waals surface area contributed by atoms with Crippen LogP contribution in [0.1, 0.15) is 55.8 Å². The first-order chi connectivity index (χ1) is 7.70. The van der Waals surface area contributed by atoms with Crippen molar-refractivity contribution in [1.29, 1.82) is 0 Å². The maximum atomic E-state index is 6.34. The number of thiazole rings is 1. The molecule has 0 amide bonds. The molecule has 0 bridgehead atoms. The summed E-state index contributed by atoms with van der Waals surface area (Å²) in [6.07, 6.45) is 6.64. The van der Waals surface area contributed by atoms with Gasteiger partial charge in [0.15, 0.2) is 0 Å². The molecule has 3 unspecified atom stereocenters. The molecule has 1 fully saturated rings. The van der Waals surface area contributed by atoms with Crippen molar-refractivity contribution in [3.63, 3.8) is 0 Å². The molecule has 1 aromatic heterocycles. The standard InChI is InChI=1S/C13H22N2S/c1-3-10-5-4-6-11(7-10)13(14)12-8-16-9(2)15-12/h8,10-11,13H,3-7,14H2,1-2H3. The van der Waals surface area contributed by atoms with Crippen LogP contribution in [0.25, 0.3) is 0 Å². The van der Waals surface area contributed by atoms with Gasteiger partial charge in [0, 0.05) is 5.38 Å². The molecule has 1 aliphatic carbocycles. The number of rotatable bonds is 3. The molecule has 0 spiro atoms. The van der Waals surface area contributed by atoms with Gasteiger partial charge in [0.05, 0.1) is 16.7 Å². The van der Waals surface area contributed by atoms with Gasteiger partial charge >= 0.3 is 0 Å². The predicted octanol–water partition coefficient (Wildman–Crippen LogP) is 3.67. The normalized spacial score (nSPS) is 27.9. The quantitative estimate of drug-likeness (QED) is 0.872. The molecule has 2 nitrogen and oxygen atoms in total. The van der Waals surface area contributed by atoms with Gasteiger partial charge in [-0.2, -0.15) is 0 Å². The summed E-state index contributed by atoms with van der Waals surface area (Å²) in [7, 11) is 0. The number of nitrogens with zero attached hydrogens (tertiary/aromatic N) is 1.